The lowest BCUT2D eigenvalue weighted by atomic mass is 9.99. The maximum atomic E-state index is 6.00. The highest BCUT2D eigenvalue weighted by atomic mass is 35.5. The molecule has 102 valence electrons. The second-order valence-corrected chi connectivity index (χ2v) is 4.86. The molecule has 0 saturated carbocycles. The first-order chi connectivity index (χ1) is 8.40. The molecule has 1 aliphatic rings. The van der Waals surface area contributed by atoms with Crippen LogP contribution in [-0.4, -0.2) is 19.7 Å². The first-order valence-electron chi connectivity index (χ1n) is 6.81. The Hall–Kier alpha value is -0.730. The van der Waals surface area contributed by atoms with E-state index in [9.17, 15) is 0 Å². The average molecular weight is 270 g/mol. The Balaban J connectivity index is 0.00000162. The van der Waals surface area contributed by atoms with Gasteiger partial charge in [-0.1, -0.05) is 31.5 Å². The number of ether oxygens (including phenoxy) is 1. The monoisotopic (exact) mass is 269 g/mol. The van der Waals surface area contributed by atoms with Crippen LogP contribution in [0, 0.1) is 5.92 Å². The third-order valence-electron chi connectivity index (χ3n) is 3.43. The average Bonchev–Trinajstić information content (AvgIpc) is 2.39. The van der Waals surface area contributed by atoms with E-state index < -0.39 is 0 Å². The minimum atomic E-state index is 0. The first-order valence-corrected chi connectivity index (χ1v) is 6.81. The zero-order valence-electron chi connectivity index (χ0n) is 11.2. The van der Waals surface area contributed by atoms with Crippen LogP contribution in [0.1, 0.15) is 31.7 Å². The Morgan fingerprint density at radius 2 is 1.94 bits per heavy atom. The minimum absolute atomic E-state index is 0. The molecule has 18 heavy (non-hydrogen) atoms. The molecule has 0 radical (unpaired) electrons. The molecule has 1 aromatic rings. The third kappa shape index (κ3) is 4.51. The van der Waals surface area contributed by atoms with E-state index in [0.29, 0.717) is 0 Å². The Morgan fingerprint density at radius 1 is 1.22 bits per heavy atom. The van der Waals surface area contributed by atoms with Gasteiger partial charge in [-0.25, -0.2) is 0 Å². The van der Waals surface area contributed by atoms with Gasteiger partial charge in [0, 0.05) is 0 Å². The molecule has 1 saturated heterocycles. The summed E-state index contributed by atoms with van der Waals surface area (Å²) in [7, 11) is 0. The summed E-state index contributed by atoms with van der Waals surface area (Å²) in [5.74, 6) is 1.82. The lowest BCUT2D eigenvalue weighted by molar-refractivity contribution is 0.213. The fraction of sp³-hybridized carbons (Fsp3) is 0.600. The largest absolute Gasteiger partial charge is 0.493 e. The molecule has 2 nitrogen and oxygen atoms in total. The fourth-order valence-corrected chi connectivity index (χ4v) is 2.38. The van der Waals surface area contributed by atoms with Gasteiger partial charge in [0.2, 0.25) is 0 Å². The molecule has 0 amide bonds. The van der Waals surface area contributed by atoms with E-state index in [0.717, 1.165) is 37.8 Å². The number of para-hydroxylation sites is 1. The third-order valence-corrected chi connectivity index (χ3v) is 3.43. The van der Waals surface area contributed by atoms with Crippen LogP contribution in [-0.2, 0) is 6.42 Å². The Labute approximate surface area is 117 Å². The van der Waals surface area contributed by atoms with E-state index in [-0.39, 0.29) is 12.4 Å². The van der Waals surface area contributed by atoms with Crippen LogP contribution in [0.4, 0.5) is 0 Å². The number of hydrogen-bond donors (Lipinski definition) is 1. The minimum Gasteiger partial charge on any atom is -0.493 e. The van der Waals surface area contributed by atoms with E-state index in [4.69, 9.17) is 4.74 Å². The van der Waals surface area contributed by atoms with Crippen LogP contribution in [0.5, 0.6) is 5.75 Å². The van der Waals surface area contributed by atoms with Crippen molar-refractivity contribution in [2.45, 2.75) is 32.6 Å². The molecule has 2 rings (SSSR count). The lowest BCUT2D eigenvalue weighted by Crippen LogP contribution is -2.30. The molecular formula is C15H24ClNO. The number of piperidine rings is 1. The van der Waals surface area contributed by atoms with Gasteiger partial charge in [-0.15, -0.1) is 12.4 Å². The summed E-state index contributed by atoms with van der Waals surface area (Å²) in [5, 5.41) is 3.39. The molecule has 0 aromatic heterocycles. The van der Waals surface area contributed by atoms with Crippen LogP contribution < -0.4 is 10.1 Å². The molecule has 1 fully saturated rings. The number of hydrogen-bond acceptors (Lipinski definition) is 2. The predicted molar refractivity (Wildman–Crippen MR) is 78.8 cm³/mol. The maximum Gasteiger partial charge on any atom is 0.122 e. The molecule has 1 aromatic carbocycles. The van der Waals surface area contributed by atoms with Gasteiger partial charge in [-0.2, -0.15) is 0 Å². The molecule has 1 aliphatic heterocycles. The lowest BCUT2D eigenvalue weighted by Gasteiger charge is -2.23. The van der Waals surface area contributed by atoms with Crippen molar-refractivity contribution in [3.8, 4) is 5.75 Å². The van der Waals surface area contributed by atoms with E-state index in [1.807, 2.05) is 0 Å². The quantitative estimate of drug-likeness (QED) is 0.884. The standard InChI is InChI=1S/C15H23NO.ClH/c1-2-5-14-6-3-4-7-15(14)17-12-13-8-10-16-11-9-13;/h3-4,6-7,13,16H,2,5,8-12H2,1H3;1H. The first kappa shape index (κ1) is 15.3. The van der Waals surface area contributed by atoms with Crippen molar-refractivity contribution in [1.29, 1.82) is 0 Å². The molecule has 3 heteroatoms. The highest BCUT2D eigenvalue weighted by molar-refractivity contribution is 5.85. The number of rotatable bonds is 5. The number of nitrogens with one attached hydrogen (secondary N) is 1. The van der Waals surface area contributed by atoms with E-state index in [1.54, 1.807) is 0 Å². The van der Waals surface area contributed by atoms with Gasteiger partial charge < -0.3 is 10.1 Å². The second-order valence-electron chi connectivity index (χ2n) is 4.86. The normalized spacial score (nSPS) is 16.1. The van der Waals surface area contributed by atoms with Crippen molar-refractivity contribution in [3.05, 3.63) is 29.8 Å². The Kier molecular flexibility index (Phi) is 7.14. The second kappa shape index (κ2) is 8.39. The van der Waals surface area contributed by atoms with Gasteiger partial charge in [-0.05, 0) is 49.9 Å². The SMILES string of the molecule is CCCc1ccccc1OCC1CCNCC1.Cl. The zero-order chi connectivity index (χ0) is 11.9. The van der Waals surface area contributed by atoms with Gasteiger partial charge in [0.25, 0.3) is 0 Å². The van der Waals surface area contributed by atoms with Crippen molar-refractivity contribution in [3.63, 3.8) is 0 Å². The summed E-state index contributed by atoms with van der Waals surface area (Å²) in [5.41, 5.74) is 1.35. The molecule has 0 atom stereocenters. The molecule has 0 spiro atoms. The fourth-order valence-electron chi connectivity index (χ4n) is 2.38. The number of halogens is 1. The Morgan fingerprint density at radius 3 is 2.67 bits per heavy atom. The molecule has 0 bridgehead atoms. The van der Waals surface area contributed by atoms with Crippen LogP contribution in [0.25, 0.3) is 0 Å². The van der Waals surface area contributed by atoms with Crippen molar-refractivity contribution in [1.82, 2.24) is 5.32 Å². The van der Waals surface area contributed by atoms with Crippen molar-refractivity contribution < 1.29 is 4.74 Å². The van der Waals surface area contributed by atoms with Gasteiger partial charge in [0.05, 0.1) is 6.61 Å². The van der Waals surface area contributed by atoms with Crippen molar-refractivity contribution >= 4 is 12.4 Å². The number of aryl methyl sites for hydroxylation is 1. The van der Waals surface area contributed by atoms with Gasteiger partial charge in [-0.3, -0.25) is 0 Å². The van der Waals surface area contributed by atoms with Crippen LogP contribution in [0.3, 0.4) is 0 Å². The summed E-state index contributed by atoms with van der Waals surface area (Å²) >= 11 is 0. The summed E-state index contributed by atoms with van der Waals surface area (Å²) in [4.78, 5) is 0. The molecule has 1 N–H and O–H groups in total. The highest BCUT2D eigenvalue weighted by Gasteiger charge is 2.14. The van der Waals surface area contributed by atoms with Crippen molar-refractivity contribution in [2.75, 3.05) is 19.7 Å². The van der Waals surface area contributed by atoms with Crippen molar-refractivity contribution in [2.24, 2.45) is 5.92 Å². The zero-order valence-corrected chi connectivity index (χ0v) is 12.0. The van der Waals surface area contributed by atoms with E-state index in [2.05, 4.69) is 36.5 Å². The summed E-state index contributed by atoms with van der Waals surface area (Å²) in [6.45, 7) is 5.38. The van der Waals surface area contributed by atoms with Gasteiger partial charge >= 0.3 is 0 Å². The van der Waals surface area contributed by atoms with E-state index in [1.165, 1.54) is 24.8 Å². The summed E-state index contributed by atoms with van der Waals surface area (Å²) < 4.78 is 6.00. The van der Waals surface area contributed by atoms with Crippen LogP contribution in [0.15, 0.2) is 24.3 Å². The highest BCUT2D eigenvalue weighted by Crippen LogP contribution is 2.21. The molecule has 1 heterocycles. The van der Waals surface area contributed by atoms with Gasteiger partial charge in [0.1, 0.15) is 5.75 Å². The molecule has 0 unspecified atom stereocenters. The summed E-state index contributed by atoms with van der Waals surface area (Å²) in [6.07, 6.45) is 4.78. The smallest absolute Gasteiger partial charge is 0.122 e. The Bertz CT molecular complexity index is 337. The van der Waals surface area contributed by atoms with Crippen LogP contribution in [0.2, 0.25) is 0 Å². The van der Waals surface area contributed by atoms with Crippen LogP contribution >= 0.6 is 12.4 Å². The van der Waals surface area contributed by atoms with Gasteiger partial charge in [0.15, 0.2) is 0 Å². The maximum absolute atomic E-state index is 6.00. The predicted octanol–water partition coefficient (Wildman–Crippen LogP) is 3.44. The molecular weight excluding hydrogens is 246 g/mol. The molecule has 0 aliphatic carbocycles. The number of benzene rings is 1. The summed E-state index contributed by atoms with van der Waals surface area (Å²) in [6, 6.07) is 8.45. The topological polar surface area (TPSA) is 21.3 Å². The van der Waals surface area contributed by atoms with E-state index >= 15 is 0 Å².